The first-order chi connectivity index (χ1) is 16.5. The van der Waals surface area contributed by atoms with E-state index in [9.17, 15) is 9.59 Å². The number of para-hydroxylation sites is 3. The fourth-order valence-electron chi connectivity index (χ4n) is 5.01. The Morgan fingerprint density at radius 3 is 2.38 bits per heavy atom. The first-order valence-electron chi connectivity index (χ1n) is 11.8. The lowest BCUT2D eigenvalue weighted by Gasteiger charge is -2.32. The van der Waals surface area contributed by atoms with Crippen molar-refractivity contribution in [1.29, 1.82) is 0 Å². The van der Waals surface area contributed by atoms with Crippen LogP contribution in [0.3, 0.4) is 0 Å². The van der Waals surface area contributed by atoms with Crippen molar-refractivity contribution in [3.63, 3.8) is 0 Å². The number of fused-ring (bicyclic) bond motifs is 1. The van der Waals surface area contributed by atoms with Crippen molar-refractivity contribution < 1.29 is 14.3 Å². The summed E-state index contributed by atoms with van der Waals surface area (Å²) in [4.78, 5) is 31.5. The SMILES string of the molecule is CCOc1ccccc1N1C(=O)C(c2ccc(C)cc2C)=C(N2CCCc3ccccc32)C1=O. The predicted molar refractivity (Wildman–Crippen MR) is 135 cm³/mol. The van der Waals surface area contributed by atoms with E-state index >= 15 is 0 Å². The molecule has 2 aliphatic heterocycles. The van der Waals surface area contributed by atoms with Crippen LogP contribution in [0.2, 0.25) is 0 Å². The zero-order valence-electron chi connectivity index (χ0n) is 19.8. The fourth-order valence-corrected chi connectivity index (χ4v) is 5.01. The minimum absolute atomic E-state index is 0.316. The van der Waals surface area contributed by atoms with Gasteiger partial charge >= 0.3 is 0 Å². The van der Waals surface area contributed by atoms with E-state index in [0.29, 0.717) is 35.9 Å². The maximum Gasteiger partial charge on any atom is 0.282 e. The topological polar surface area (TPSA) is 49.9 Å². The van der Waals surface area contributed by atoms with E-state index in [1.807, 2.05) is 68.1 Å². The van der Waals surface area contributed by atoms with Gasteiger partial charge in [0.1, 0.15) is 11.4 Å². The number of anilines is 2. The number of imide groups is 1. The van der Waals surface area contributed by atoms with Crippen LogP contribution in [-0.2, 0) is 16.0 Å². The van der Waals surface area contributed by atoms with Gasteiger partial charge in [-0.05, 0) is 68.5 Å². The van der Waals surface area contributed by atoms with Crippen molar-refractivity contribution in [2.75, 3.05) is 23.0 Å². The predicted octanol–water partition coefficient (Wildman–Crippen LogP) is 5.44. The number of rotatable bonds is 5. The average Bonchev–Trinajstić information content (AvgIpc) is 3.09. The zero-order valence-corrected chi connectivity index (χ0v) is 19.8. The van der Waals surface area contributed by atoms with Gasteiger partial charge in [0.2, 0.25) is 0 Å². The van der Waals surface area contributed by atoms with Crippen molar-refractivity contribution in [2.45, 2.75) is 33.6 Å². The van der Waals surface area contributed by atoms with Gasteiger partial charge in [0.05, 0.1) is 17.9 Å². The third-order valence-electron chi connectivity index (χ3n) is 6.50. The lowest BCUT2D eigenvalue weighted by atomic mass is 9.95. The van der Waals surface area contributed by atoms with E-state index in [1.165, 1.54) is 10.5 Å². The van der Waals surface area contributed by atoms with Crippen molar-refractivity contribution in [3.8, 4) is 5.75 Å². The van der Waals surface area contributed by atoms with Crippen LogP contribution in [0, 0.1) is 13.8 Å². The smallest absolute Gasteiger partial charge is 0.282 e. The van der Waals surface area contributed by atoms with Gasteiger partial charge in [-0.25, -0.2) is 4.90 Å². The Balaban J connectivity index is 1.72. The molecule has 5 rings (SSSR count). The molecule has 0 aliphatic carbocycles. The highest BCUT2D eigenvalue weighted by molar-refractivity contribution is 6.46. The maximum absolute atomic E-state index is 14.1. The van der Waals surface area contributed by atoms with Gasteiger partial charge in [-0.15, -0.1) is 0 Å². The summed E-state index contributed by atoms with van der Waals surface area (Å²) in [5.41, 5.74) is 6.42. The molecule has 2 aliphatic rings. The van der Waals surface area contributed by atoms with Crippen LogP contribution in [0.5, 0.6) is 5.75 Å². The largest absolute Gasteiger partial charge is 0.492 e. The molecule has 0 saturated heterocycles. The van der Waals surface area contributed by atoms with Crippen LogP contribution in [0.1, 0.15) is 35.6 Å². The molecule has 2 heterocycles. The first-order valence-corrected chi connectivity index (χ1v) is 11.8. The molecule has 2 amide bonds. The normalized spacial score (nSPS) is 15.7. The monoisotopic (exact) mass is 452 g/mol. The standard InChI is InChI=1S/C29H28N2O3/c1-4-34-25-14-8-7-13-24(25)31-28(32)26(22-16-15-19(2)18-20(22)3)27(29(31)33)30-17-9-11-21-10-5-6-12-23(21)30/h5-8,10,12-16,18H,4,9,11,17H2,1-3H3. The van der Waals surface area contributed by atoms with Gasteiger partial charge in [0, 0.05) is 12.2 Å². The van der Waals surface area contributed by atoms with Gasteiger partial charge in [0.15, 0.2) is 0 Å². The Morgan fingerprint density at radius 1 is 0.882 bits per heavy atom. The van der Waals surface area contributed by atoms with Crippen LogP contribution in [0.4, 0.5) is 11.4 Å². The summed E-state index contributed by atoms with van der Waals surface area (Å²) >= 11 is 0. The summed E-state index contributed by atoms with van der Waals surface area (Å²) in [6.45, 7) is 7.03. The van der Waals surface area contributed by atoms with E-state index < -0.39 is 0 Å². The molecule has 5 nitrogen and oxygen atoms in total. The minimum Gasteiger partial charge on any atom is -0.492 e. The number of benzene rings is 3. The van der Waals surface area contributed by atoms with Gasteiger partial charge in [-0.3, -0.25) is 9.59 Å². The molecule has 0 unspecified atom stereocenters. The molecule has 0 atom stereocenters. The van der Waals surface area contributed by atoms with Crippen LogP contribution in [0.15, 0.2) is 72.4 Å². The molecule has 34 heavy (non-hydrogen) atoms. The lowest BCUT2D eigenvalue weighted by molar-refractivity contribution is -0.120. The molecule has 0 spiro atoms. The highest BCUT2D eigenvalue weighted by Gasteiger charge is 2.44. The molecule has 0 N–H and O–H groups in total. The second-order valence-electron chi connectivity index (χ2n) is 8.77. The highest BCUT2D eigenvalue weighted by atomic mass is 16.5. The molecular weight excluding hydrogens is 424 g/mol. The third-order valence-corrected chi connectivity index (χ3v) is 6.50. The number of nitrogens with zero attached hydrogens (tertiary/aromatic N) is 2. The van der Waals surface area contributed by atoms with Crippen molar-refractivity contribution in [1.82, 2.24) is 0 Å². The lowest BCUT2D eigenvalue weighted by Crippen LogP contribution is -2.37. The van der Waals surface area contributed by atoms with Gasteiger partial charge < -0.3 is 9.64 Å². The van der Waals surface area contributed by atoms with Crippen LogP contribution in [0.25, 0.3) is 5.57 Å². The van der Waals surface area contributed by atoms with Crippen LogP contribution >= 0.6 is 0 Å². The summed E-state index contributed by atoms with van der Waals surface area (Å²) in [6.07, 6.45) is 1.87. The number of ether oxygens (including phenoxy) is 1. The number of carbonyl (C=O) groups is 2. The summed E-state index contributed by atoms with van der Waals surface area (Å²) < 4.78 is 5.79. The van der Waals surface area contributed by atoms with Crippen molar-refractivity contribution >= 4 is 28.8 Å². The molecule has 0 bridgehead atoms. The maximum atomic E-state index is 14.1. The number of carbonyl (C=O) groups excluding carboxylic acids is 2. The summed E-state index contributed by atoms with van der Waals surface area (Å²) in [5.74, 6) is -0.113. The molecular formula is C29H28N2O3. The molecule has 3 aromatic carbocycles. The number of amides is 2. The first kappa shape index (κ1) is 22.0. The number of hydrogen-bond acceptors (Lipinski definition) is 4. The highest BCUT2D eigenvalue weighted by Crippen LogP contribution is 2.42. The van der Waals surface area contributed by atoms with Gasteiger partial charge in [-0.1, -0.05) is 54.1 Å². The summed E-state index contributed by atoms with van der Waals surface area (Å²) in [6, 6.07) is 21.4. The molecule has 0 radical (unpaired) electrons. The van der Waals surface area contributed by atoms with E-state index in [1.54, 1.807) is 12.1 Å². The Morgan fingerprint density at radius 2 is 1.62 bits per heavy atom. The molecule has 0 saturated carbocycles. The van der Waals surface area contributed by atoms with Crippen LogP contribution in [-0.4, -0.2) is 25.0 Å². The molecule has 3 aromatic rings. The van der Waals surface area contributed by atoms with Crippen LogP contribution < -0.4 is 14.5 Å². The molecule has 0 aromatic heterocycles. The van der Waals surface area contributed by atoms with Crippen molar-refractivity contribution in [2.24, 2.45) is 0 Å². The second-order valence-corrected chi connectivity index (χ2v) is 8.77. The van der Waals surface area contributed by atoms with Gasteiger partial charge in [0.25, 0.3) is 11.8 Å². The Labute approximate surface area is 200 Å². The average molecular weight is 453 g/mol. The number of aryl methyl sites for hydroxylation is 3. The Hall–Kier alpha value is -3.86. The molecule has 0 fully saturated rings. The fraction of sp³-hybridized carbons (Fsp3) is 0.241. The van der Waals surface area contributed by atoms with Crippen molar-refractivity contribution in [3.05, 3.63) is 94.7 Å². The summed E-state index contributed by atoms with van der Waals surface area (Å²) in [7, 11) is 0. The van der Waals surface area contributed by atoms with E-state index in [-0.39, 0.29) is 11.8 Å². The molecule has 5 heteroatoms. The number of hydrogen-bond donors (Lipinski definition) is 0. The third kappa shape index (κ3) is 3.58. The molecule has 172 valence electrons. The minimum atomic E-state index is -0.317. The van der Waals surface area contributed by atoms with E-state index in [2.05, 4.69) is 12.1 Å². The zero-order chi connectivity index (χ0) is 23.8. The van der Waals surface area contributed by atoms with Gasteiger partial charge in [-0.2, -0.15) is 0 Å². The Kier molecular flexibility index (Phi) is 5.70. The second kappa shape index (κ2) is 8.82. The van der Waals surface area contributed by atoms with E-state index in [0.717, 1.165) is 35.2 Å². The van der Waals surface area contributed by atoms with E-state index in [4.69, 9.17) is 4.74 Å². The Bertz CT molecular complexity index is 1320. The quantitative estimate of drug-likeness (QED) is 0.484. The summed E-state index contributed by atoms with van der Waals surface area (Å²) in [5, 5.41) is 0.